The number of hydrogen-bond donors (Lipinski definition) is 1. The van der Waals surface area contributed by atoms with E-state index in [0.29, 0.717) is 29.7 Å². The maximum atomic E-state index is 11.5. The Hall–Kier alpha value is -3.32. The molecule has 2 aromatic carbocycles. The van der Waals surface area contributed by atoms with E-state index in [2.05, 4.69) is 70.9 Å². The summed E-state index contributed by atoms with van der Waals surface area (Å²) in [6.07, 6.45) is 1.97. The molecule has 1 amide bonds. The van der Waals surface area contributed by atoms with E-state index in [0.717, 1.165) is 34.2 Å². The van der Waals surface area contributed by atoms with Gasteiger partial charge >= 0.3 is 0 Å². The van der Waals surface area contributed by atoms with Gasteiger partial charge in [0.2, 0.25) is 5.91 Å². The molecule has 1 N–H and O–H groups in total. The second-order valence-electron chi connectivity index (χ2n) is 8.82. The topological polar surface area (TPSA) is 65.4 Å². The lowest BCUT2D eigenvalue weighted by atomic mass is 10.0. The monoisotopic (exact) mass is 581 g/mol. The van der Waals surface area contributed by atoms with E-state index >= 15 is 0 Å². The number of methoxy groups -OCH3 is 1. The molecule has 1 aromatic heterocycles. The molecule has 38 heavy (non-hydrogen) atoms. The smallest absolute Gasteiger partial charge is 0.221 e. The fourth-order valence-corrected chi connectivity index (χ4v) is 4.24. The van der Waals surface area contributed by atoms with Gasteiger partial charge in [0.25, 0.3) is 0 Å². The van der Waals surface area contributed by atoms with E-state index < -0.39 is 0 Å². The third kappa shape index (κ3) is 7.84. The number of hydrogen-bond acceptors (Lipinski definition) is 4. The van der Waals surface area contributed by atoms with Crippen molar-refractivity contribution < 1.29 is 14.3 Å². The predicted octanol–water partition coefficient (Wildman–Crippen LogP) is 6.59. The van der Waals surface area contributed by atoms with Crippen LogP contribution in [-0.4, -0.2) is 29.2 Å². The van der Waals surface area contributed by atoms with Gasteiger partial charge in [-0.3, -0.25) is 4.79 Å². The molecule has 3 aromatic rings. The number of para-hydroxylation sites is 2. The van der Waals surface area contributed by atoms with Crippen LogP contribution < -0.4 is 20.8 Å². The highest BCUT2D eigenvalue weighted by molar-refractivity contribution is 9.14. The summed E-state index contributed by atoms with van der Waals surface area (Å²) in [6.45, 7) is 15.0. The lowest BCUT2D eigenvalue weighted by Gasteiger charge is -2.12. The van der Waals surface area contributed by atoms with E-state index in [1.54, 1.807) is 7.11 Å². The minimum absolute atomic E-state index is 0.144. The third-order valence-electron chi connectivity index (χ3n) is 5.73. The summed E-state index contributed by atoms with van der Waals surface area (Å²) in [5.74, 6) is 2.51. The van der Waals surface area contributed by atoms with Crippen molar-refractivity contribution in [3.63, 3.8) is 0 Å². The number of nitrogens with one attached hydrogen (secondary N) is 1. The first kappa shape index (κ1) is 30.9. The van der Waals surface area contributed by atoms with E-state index in [9.17, 15) is 4.79 Å². The zero-order valence-electron chi connectivity index (χ0n) is 23.8. The summed E-state index contributed by atoms with van der Waals surface area (Å²) in [6, 6.07) is 15.9. The molecule has 0 aliphatic carbocycles. The molecule has 3 rings (SSSR count). The van der Waals surface area contributed by atoms with Crippen LogP contribution in [0.5, 0.6) is 5.75 Å². The number of carbonyl (C=O) groups is 1. The Morgan fingerprint density at radius 2 is 1.76 bits per heavy atom. The maximum Gasteiger partial charge on any atom is 0.221 e. The second-order valence-corrected chi connectivity index (χ2v) is 9.28. The van der Waals surface area contributed by atoms with Gasteiger partial charge in [-0.1, -0.05) is 80.0 Å². The zero-order valence-corrected chi connectivity index (χ0v) is 25.3. The highest BCUT2D eigenvalue weighted by Gasteiger charge is 2.13. The van der Waals surface area contributed by atoms with Crippen molar-refractivity contribution in [2.24, 2.45) is 0 Å². The number of nitrogens with zero attached hydrogens (tertiary/aromatic N) is 2. The fourth-order valence-electron chi connectivity index (χ4n) is 3.92. The van der Waals surface area contributed by atoms with Crippen LogP contribution in [0.3, 0.4) is 0 Å². The molecular weight excluding hydrogens is 542 g/mol. The quantitative estimate of drug-likeness (QED) is 0.309. The normalized spacial score (nSPS) is 12.6. The predicted molar refractivity (Wildman–Crippen MR) is 162 cm³/mol. The molecule has 0 unspecified atom stereocenters. The molecule has 0 saturated carbocycles. The summed E-state index contributed by atoms with van der Waals surface area (Å²) in [4.78, 5) is 18.2. The van der Waals surface area contributed by atoms with Crippen LogP contribution >= 0.6 is 15.9 Å². The molecule has 0 saturated heterocycles. The van der Waals surface area contributed by atoms with Gasteiger partial charge in [0, 0.05) is 24.0 Å². The number of rotatable bonds is 9. The number of anilines is 1. The maximum absolute atomic E-state index is 11.5. The van der Waals surface area contributed by atoms with Crippen molar-refractivity contribution in [2.45, 2.75) is 60.9 Å². The average molecular weight is 583 g/mol. The average Bonchev–Trinajstić information content (AvgIpc) is 3.30. The molecule has 0 fully saturated rings. The zero-order chi connectivity index (χ0) is 28.2. The van der Waals surface area contributed by atoms with Crippen LogP contribution in [0.4, 0.5) is 5.69 Å². The first-order chi connectivity index (χ1) is 18.3. The standard InChI is InChI=1S/C29H34BrN3O3.C2H6/c1-7-33-28(25(17-30)32-29(33)23-14-12-22(13-15-23)19(2)3)27(35-6)16-20(4)18-36-26-11-9-8-10-24(26)31-21(5)34;1-2/h8-17,19H,7,18H2,1-6H3,(H,31,34);1-2H3/b20-16+,25-17-,28-27-;. The van der Waals surface area contributed by atoms with Crippen LogP contribution in [0.25, 0.3) is 22.1 Å². The van der Waals surface area contributed by atoms with Crippen molar-refractivity contribution in [3.8, 4) is 17.1 Å². The van der Waals surface area contributed by atoms with Gasteiger partial charge in [-0.25, -0.2) is 4.98 Å². The first-order valence-corrected chi connectivity index (χ1v) is 13.9. The second kappa shape index (κ2) is 15.2. The Morgan fingerprint density at radius 3 is 2.32 bits per heavy atom. The largest absolute Gasteiger partial charge is 0.494 e. The molecule has 0 bridgehead atoms. The number of aromatic nitrogens is 2. The Bertz CT molecular complexity index is 1360. The summed E-state index contributed by atoms with van der Waals surface area (Å²) >= 11 is 3.49. The minimum atomic E-state index is -0.144. The van der Waals surface area contributed by atoms with E-state index in [1.807, 2.05) is 56.1 Å². The van der Waals surface area contributed by atoms with Crippen molar-refractivity contribution in [3.05, 3.63) is 76.4 Å². The van der Waals surface area contributed by atoms with Crippen LogP contribution in [0.2, 0.25) is 0 Å². The summed E-state index contributed by atoms with van der Waals surface area (Å²) in [5.41, 5.74) is 3.94. The van der Waals surface area contributed by atoms with E-state index in [-0.39, 0.29) is 5.91 Å². The lowest BCUT2D eigenvalue weighted by molar-refractivity contribution is -0.114. The number of benzene rings is 2. The Balaban J connectivity index is 0.00000247. The molecule has 0 aliphatic rings. The number of imidazole rings is 1. The van der Waals surface area contributed by atoms with Crippen LogP contribution in [-0.2, 0) is 16.1 Å². The molecule has 0 atom stereocenters. The van der Waals surface area contributed by atoms with Crippen LogP contribution in [0, 0.1) is 0 Å². The van der Waals surface area contributed by atoms with Crippen LogP contribution in [0.15, 0.2) is 60.2 Å². The highest BCUT2D eigenvalue weighted by atomic mass is 79.9. The molecule has 0 radical (unpaired) electrons. The van der Waals surface area contributed by atoms with Crippen LogP contribution in [0.1, 0.15) is 59.9 Å². The van der Waals surface area contributed by atoms with Gasteiger partial charge in [-0.05, 0) is 49.1 Å². The molecule has 0 aliphatic heterocycles. The van der Waals surface area contributed by atoms with Gasteiger partial charge in [-0.2, -0.15) is 0 Å². The SMILES string of the molecule is CC.CCn1c(-c2ccc(C(C)C)cc2)nc(=C\Br)/c1=C(\C=C(/C)COc1ccccc1NC(C)=O)OC. The van der Waals surface area contributed by atoms with Crippen molar-refractivity contribution in [1.82, 2.24) is 9.55 Å². The van der Waals surface area contributed by atoms with Crippen molar-refractivity contribution >= 4 is 38.3 Å². The van der Waals surface area contributed by atoms with Gasteiger partial charge in [-0.15, -0.1) is 0 Å². The van der Waals surface area contributed by atoms with Gasteiger partial charge in [0.1, 0.15) is 29.3 Å². The summed E-state index contributed by atoms with van der Waals surface area (Å²) in [5, 5.41) is 4.47. The van der Waals surface area contributed by atoms with Crippen molar-refractivity contribution in [2.75, 3.05) is 19.0 Å². The number of carbonyl (C=O) groups excluding carboxylic acids is 1. The number of amides is 1. The molecule has 7 heteroatoms. The van der Waals surface area contributed by atoms with Gasteiger partial charge in [0.05, 0.1) is 18.1 Å². The third-order valence-corrected chi connectivity index (χ3v) is 6.17. The lowest BCUT2D eigenvalue weighted by Crippen LogP contribution is -2.32. The number of halogens is 1. The van der Waals surface area contributed by atoms with Gasteiger partial charge in [0.15, 0.2) is 0 Å². The van der Waals surface area contributed by atoms with E-state index in [4.69, 9.17) is 14.5 Å². The molecule has 204 valence electrons. The van der Waals surface area contributed by atoms with Gasteiger partial charge < -0.3 is 19.4 Å². The summed E-state index contributed by atoms with van der Waals surface area (Å²) in [7, 11) is 1.66. The highest BCUT2D eigenvalue weighted by Crippen LogP contribution is 2.24. The molecular formula is C31H40BrN3O3. The molecule has 0 spiro atoms. The molecule has 1 heterocycles. The number of ether oxygens (including phenoxy) is 2. The molecule has 6 nitrogen and oxygen atoms in total. The minimum Gasteiger partial charge on any atom is -0.494 e. The summed E-state index contributed by atoms with van der Waals surface area (Å²) < 4.78 is 14.0. The van der Waals surface area contributed by atoms with Crippen molar-refractivity contribution in [1.29, 1.82) is 0 Å². The Kier molecular flexibility index (Phi) is 12.3. The fraction of sp³-hybridized carbons (Fsp3) is 0.355. The Morgan fingerprint density at radius 1 is 1.11 bits per heavy atom. The van der Waals surface area contributed by atoms with E-state index in [1.165, 1.54) is 12.5 Å². The first-order valence-electron chi connectivity index (χ1n) is 13.0. The Labute approximate surface area is 235 Å².